The summed E-state index contributed by atoms with van der Waals surface area (Å²) >= 11 is 12.3. The molecule has 0 radical (unpaired) electrons. The Labute approximate surface area is 160 Å². The molecule has 0 N–H and O–H groups in total. The van der Waals surface area contributed by atoms with Gasteiger partial charge < -0.3 is 9.42 Å². The second-order valence-corrected chi connectivity index (χ2v) is 7.01. The van der Waals surface area contributed by atoms with Gasteiger partial charge in [0.05, 0.1) is 15.6 Å². The summed E-state index contributed by atoms with van der Waals surface area (Å²) in [6, 6.07) is 15.1. The highest BCUT2D eigenvalue weighted by molar-refractivity contribution is 6.43. The van der Waals surface area contributed by atoms with Crippen molar-refractivity contribution in [3.05, 3.63) is 81.9 Å². The number of amides is 1. The largest absolute Gasteiger partial charge is 0.343 e. The van der Waals surface area contributed by atoms with Crippen LogP contribution < -0.4 is 0 Å². The molecule has 2 heterocycles. The van der Waals surface area contributed by atoms with E-state index >= 15 is 0 Å². The van der Waals surface area contributed by atoms with E-state index in [4.69, 9.17) is 27.7 Å². The molecule has 2 atom stereocenters. The number of aromatic nitrogens is 2. The maximum absolute atomic E-state index is 13.0. The van der Waals surface area contributed by atoms with Crippen LogP contribution in [0.1, 0.15) is 33.6 Å². The normalized spacial score (nSPS) is 19.7. The second-order valence-electron chi connectivity index (χ2n) is 6.22. The topological polar surface area (TPSA) is 59.2 Å². The van der Waals surface area contributed by atoms with Crippen molar-refractivity contribution in [1.29, 1.82) is 0 Å². The van der Waals surface area contributed by atoms with Crippen LogP contribution in [0.15, 0.2) is 59.4 Å². The van der Waals surface area contributed by atoms with Crippen molar-refractivity contribution in [2.45, 2.75) is 11.8 Å². The molecular formula is C19H15Cl2N3O2. The third-order valence-corrected chi connectivity index (χ3v) is 5.55. The number of nitrogens with zero attached hydrogens (tertiary/aromatic N) is 3. The number of rotatable bonds is 3. The minimum absolute atomic E-state index is 0.0435. The van der Waals surface area contributed by atoms with Crippen LogP contribution in [0, 0.1) is 0 Å². The molecule has 26 heavy (non-hydrogen) atoms. The van der Waals surface area contributed by atoms with E-state index in [1.807, 2.05) is 18.2 Å². The Morgan fingerprint density at radius 3 is 2.54 bits per heavy atom. The quantitative estimate of drug-likeness (QED) is 0.667. The first-order valence-electron chi connectivity index (χ1n) is 8.19. The summed E-state index contributed by atoms with van der Waals surface area (Å²) in [6.45, 7) is 1.03. The van der Waals surface area contributed by atoms with E-state index in [2.05, 4.69) is 22.3 Å². The molecule has 1 aromatic heterocycles. The van der Waals surface area contributed by atoms with E-state index in [9.17, 15) is 4.79 Å². The lowest BCUT2D eigenvalue weighted by atomic mass is 9.88. The highest BCUT2D eigenvalue weighted by Gasteiger charge is 2.40. The fraction of sp³-hybridized carbons (Fsp3) is 0.211. The van der Waals surface area contributed by atoms with Crippen molar-refractivity contribution in [2.75, 3.05) is 13.1 Å². The summed E-state index contributed by atoms with van der Waals surface area (Å²) in [5, 5.41) is 4.64. The summed E-state index contributed by atoms with van der Waals surface area (Å²) < 4.78 is 4.92. The Morgan fingerprint density at radius 1 is 1.04 bits per heavy atom. The Morgan fingerprint density at radius 2 is 1.81 bits per heavy atom. The zero-order valence-corrected chi connectivity index (χ0v) is 15.2. The fourth-order valence-electron chi connectivity index (χ4n) is 3.45. The van der Waals surface area contributed by atoms with Crippen LogP contribution >= 0.6 is 23.2 Å². The van der Waals surface area contributed by atoms with Gasteiger partial charge in [-0.05, 0) is 17.7 Å². The molecule has 132 valence electrons. The fourth-order valence-corrected chi connectivity index (χ4v) is 3.83. The minimum atomic E-state index is -0.149. The first-order valence-corrected chi connectivity index (χ1v) is 8.95. The Balaban J connectivity index is 1.67. The first-order chi connectivity index (χ1) is 12.6. The van der Waals surface area contributed by atoms with Crippen molar-refractivity contribution in [2.24, 2.45) is 0 Å². The van der Waals surface area contributed by atoms with Crippen molar-refractivity contribution < 1.29 is 9.32 Å². The molecule has 2 aromatic carbocycles. The lowest BCUT2D eigenvalue weighted by Gasteiger charge is -2.17. The SMILES string of the molecule is O=C(c1cccc(Cl)c1Cl)N1C[C@@H](c2ccccc2)[C@H](c2ncon2)C1. The summed E-state index contributed by atoms with van der Waals surface area (Å²) in [5.74, 6) is 0.490. The maximum atomic E-state index is 13.0. The number of carbonyl (C=O) groups excluding carboxylic acids is 1. The van der Waals surface area contributed by atoms with Gasteiger partial charge in [-0.2, -0.15) is 4.98 Å². The molecule has 5 nitrogen and oxygen atoms in total. The molecule has 0 bridgehead atoms. The molecule has 1 fully saturated rings. The van der Waals surface area contributed by atoms with Gasteiger partial charge in [0.1, 0.15) is 0 Å². The Kier molecular flexibility index (Phi) is 4.66. The number of carbonyl (C=O) groups is 1. The average molecular weight is 388 g/mol. The third kappa shape index (κ3) is 3.08. The summed E-state index contributed by atoms with van der Waals surface area (Å²) in [6.07, 6.45) is 1.32. The highest BCUT2D eigenvalue weighted by Crippen LogP contribution is 2.39. The van der Waals surface area contributed by atoms with Gasteiger partial charge in [0.25, 0.3) is 5.91 Å². The van der Waals surface area contributed by atoms with E-state index in [1.165, 1.54) is 6.39 Å². The molecule has 3 aromatic rings. The predicted octanol–water partition coefficient (Wildman–Crippen LogP) is 4.40. The third-order valence-electron chi connectivity index (χ3n) is 4.73. The lowest BCUT2D eigenvalue weighted by Crippen LogP contribution is -2.29. The molecule has 1 amide bonds. The van der Waals surface area contributed by atoms with E-state index in [0.717, 1.165) is 5.56 Å². The van der Waals surface area contributed by atoms with E-state index in [1.54, 1.807) is 23.1 Å². The number of halogens is 2. The Hall–Kier alpha value is -2.37. The zero-order chi connectivity index (χ0) is 18.1. The molecular weight excluding hydrogens is 373 g/mol. The highest BCUT2D eigenvalue weighted by atomic mass is 35.5. The van der Waals surface area contributed by atoms with Crippen molar-refractivity contribution in [1.82, 2.24) is 15.0 Å². The lowest BCUT2D eigenvalue weighted by molar-refractivity contribution is 0.0789. The van der Waals surface area contributed by atoms with Gasteiger partial charge in [0.15, 0.2) is 5.82 Å². The molecule has 0 spiro atoms. The summed E-state index contributed by atoms with van der Waals surface area (Å²) in [5.41, 5.74) is 1.54. The summed E-state index contributed by atoms with van der Waals surface area (Å²) in [4.78, 5) is 19.0. The molecule has 1 aliphatic rings. The van der Waals surface area contributed by atoms with Crippen LogP contribution in [-0.4, -0.2) is 34.0 Å². The zero-order valence-electron chi connectivity index (χ0n) is 13.7. The van der Waals surface area contributed by atoms with Gasteiger partial charge in [-0.25, -0.2) is 0 Å². The minimum Gasteiger partial charge on any atom is -0.343 e. The molecule has 7 heteroatoms. The smallest absolute Gasteiger partial charge is 0.255 e. The maximum Gasteiger partial charge on any atom is 0.255 e. The Bertz CT molecular complexity index is 916. The van der Waals surface area contributed by atoms with Crippen molar-refractivity contribution in [3.63, 3.8) is 0 Å². The standard InChI is InChI=1S/C19H15Cl2N3O2/c20-16-8-4-7-13(17(16)21)19(25)24-9-14(12-5-2-1-3-6-12)15(10-24)18-22-11-26-23-18/h1-8,11,14-15H,9-10H2/t14-,15+/m0/s1. The number of hydrogen-bond donors (Lipinski definition) is 0. The van der Waals surface area contributed by atoms with Gasteiger partial charge >= 0.3 is 0 Å². The average Bonchev–Trinajstić information content (AvgIpc) is 3.33. The van der Waals surface area contributed by atoms with Crippen LogP contribution in [0.2, 0.25) is 10.0 Å². The van der Waals surface area contributed by atoms with Crippen LogP contribution in [0.3, 0.4) is 0 Å². The van der Waals surface area contributed by atoms with E-state index in [-0.39, 0.29) is 22.8 Å². The van der Waals surface area contributed by atoms with Gasteiger partial charge in [0.2, 0.25) is 6.39 Å². The number of benzene rings is 2. The molecule has 0 unspecified atom stereocenters. The monoisotopic (exact) mass is 387 g/mol. The second kappa shape index (κ2) is 7.09. The number of likely N-dealkylation sites (tertiary alicyclic amines) is 1. The van der Waals surface area contributed by atoms with Crippen LogP contribution in [0.4, 0.5) is 0 Å². The van der Waals surface area contributed by atoms with Crippen LogP contribution in [0.5, 0.6) is 0 Å². The first kappa shape index (κ1) is 17.1. The molecule has 1 saturated heterocycles. The van der Waals surface area contributed by atoms with Crippen LogP contribution in [-0.2, 0) is 0 Å². The van der Waals surface area contributed by atoms with Gasteiger partial charge in [-0.1, -0.05) is 64.8 Å². The molecule has 4 rings (SSSR count). The van der Waals surface area contributed by atoms with E-state index in [0.29, 0.717) is 29.5 Å². The molecule has 1 aliphatic heterocycles. The summed E-state index contributed by atoms with van der Waals surface area (Å²) in [7, 11) is 0. The van der Waals surface area contributed by atoms with Crippen molar-refractivity contribution >= 4 is 29.1 Å². The predicted molar refractivity (Wildman–Crippen MR) is 98.6 cm³/mol. The van der Waals surface area contributed by atoms with Gasteiger partial charge in [0, 0.05) is 24.9 Å². The van der Waals surface area contributed by atoms with Gasteiger partial charge in [-0.15, -0.1) is 0 Å². The molecule has 0 saturated carbocycles. The van der Waals surface area contributed by atoms with E-state index < -0.39 is 0 Å². The van der Waals surface area contributed by atoms with Gasteiger partial charge in [-0.3, -0.25) is 4.79 Å². The van der Waals surface area contributed by atoms with Crippen molar-refractivity contribution in [3.8, 4) is 0 Å². The van der Waals surface area contributed by atoms with Crippen LogP contribution in [0.25, 0.3) is 0 Å². The molecule has 0 aliphatic carbocycles. The number of hydrogen-bond acceptors (Lipinski definition) is 4.